The fourth-order valence-electron chi connectivity index (χ4n) is 3.84. The van der Waals surface area contributed by atoms with E-state index in [-0.39, 0.29) is 11.9 Å². The zero-order chi connectivity index (χ0) is 19.8. The van der Waals surface area contributed by atoms with Crippen LogP contribution in [0, 0.1) is 24.2 Å². The molecule has 8 heteroatoms. The van der Waals surface area contributed by atoms with Crippen molar-refractivity contribution in [2.24, 2.45) is 5.92 Å². The van der Waals surface area contributed by atoms with Crippen LogP contribution >= 0.6 is 11.3 Å². The molecule has 1 amide bonds. The van der Waals surface area contributed by atoms with Gasteiger partial charge in [0.25, 0.3) is 0 Å². The molecule has 1 unspecified atom stereocenters. The van der Waals surface area contributed by atoms with Gasteiger partial charge in [0, 0.05) is 4.88 Å². The Morgan fingerprint density at radius 2 is 2.11 bits per heavy atom. The molecular weight excluding hydrogens is 372 g/mol. The molecule has 146 valence electrons. The van der Waals surface area contributed by atoms with Crippen LogP contribution in [0.1, 0.15) is 54.9 Å². The van der Waals surface area contributed by atoms with Gasteiger partial charge in [-0.05, 0) is 50.5 Å². The molecule has 0 radical (unpaired) electrons. The Morgan fingerprint density at radius 1 is 1.32 bits per heavy atom. The van der Waals surface area contributed by atoms with E-state index in [9.17, 15) is 10.1 Å². The van der Waals surface area contributed by atoms with Crippen molar-refractivity contribution in [3.05, 3.63) is 21.8 Å². The molecule has 1 aliphatic heterocycles. The lowest BCUT2D eigenvalue weighted by Crippen LogP contribution is -2.40. The molecule has 1 aliphatic carbocycles. The molecule has 3 heterocycles. The van der Waals surface area contributed by atoms with Gasteiger partial charge >= 0.3 is 0 Å². The maximum atomic E-state index is 12.6. The largest absolute Gasteiger partial charge is 0.356 e. The highest BCUT2D eigenvalue weighted by Gasteiger charge is 2.30. The number of rotatable bonds is 4. The third-order valence-electron chi connectivity index (χ3n) is 5.12. The topological polar surface area (TPSA) is 103 Å². The summed E-state index contributed by atoms with van der Waals surface area (Å²) in [4.78, 5) is 22.8. The van der Waals surface area contributed by atoms with Gasteiger partial charge in [-0.15, -0.1) is 11.3 Å². The van der Waals surface area contributed by atoms with Crippen LogP contribution in [0.15, 0.2) is 0 Å². The summed E-state index contributed by atoms with van der Waals surface area (Å²) in [5.74, 6) is 2.07. The maximum absolute atomic E-state index is 12.6. The summed E-state index contributed by atoms with van der Waals surface area (Å²) in [6.45, 7) is 6.00. The van der Waals surface area contributed by atoms with Crippen LogP contribution < -0.4 is 16.0 Å². The average Bonchev–Trinajstić information content (AvgIpc) is 2.99. The van der Waals surface area contributed by atoms with Gasteiger partial charge < -0.3 is 16.0 Å². The Morgan fingerprint density at radius 3 is 2.86 bits per heavy atom. The third-order valence-corrected chi connectivity index (χ3v) is 6.33. The van der Waals surface area contributed by atoms with E-state index >= 15 is 0 Å². The van der Waals surface area contributed by atoms with Crippen molar-refractivity contribution in [2.75, 3.05) is 16.0 Å². The number of aromatic nitrogens is 2. The predicted molar refractivity (Wildman–Crippen MR) is 111 cm³/mol. The van der Waals surface area contributed by atoms with Crippen LogP contribution in [0.4, 0.5) is 22.3 Å². The van der Waals surface area contributed by atoms with Crippen LogP contribution in [0.5, 0.6) is 0 Å². The van der Waals surface area contributed by atoms with Gasteiger partial charge in [-0.25, -0.2) is 9.97 Å². The Labute approximate surface area is 168 Å². The van der Waals surface area contributed by atoms with Crippen LogP contribution in [0.25, 0.3) is 0 Å². The Bertz CT molecular complexity index is 974. The first kappa shape index (κ1) is 18.7. The number of nitrogens with one attached hydrogen (secondary N) is 3. The quantitative estimate of drug-likeness (QED) is 0.718. The minimum Gasteiger partial charge on any atom is -0.356 e. The van der Waals surface area contributed by atoms with Gasteiger partial charge in [-0.2, -0.15) is 5.26 Å². The molecule has 28 heavy (non-hydrogen) atoms. The van der Waals surface area contributed by atoms with E-state index in [4.69, 9.17) is 0 Å². The van der Waals surface area contributed by atoms with E-state index < -0.39 is 0 Å². The molecule has 0 bridgehead atoms. The maximum Gasteiger partial charge on any atom is 0.247 e. The second kappa shape index (κ2) is 7.40. The van der Waals surface area contributed by atoms with Gasteiger partial charge in [-0.1, -0.05) is 13.8 Å². The molecule has 0 saturated heterocycles. The fraction of sp³-hybridized carbons (Fsp3) is 0.500. The van der Waals surface area contributed by atoms with Crippen LogP contribution in [-0.4, -0.2) is 21.9 Å². The Hall–Kier alpha value is -2.66. The summed E-state index contributed by atoms with van der Waals surface area (Å²) < 4.78 is 0. The van der Waals surface area contributed by atoms with Crippen LogP contribution in [0.2, 0.25) is 0 Å². The highest BCUT2D eigenvalue weighted by atomic mass is 32.1. The summed E-state index contributed by atoms with van der Waals surface area (Å²) in [6, 6.07) is 2.05. The molecule has 3 N–H and O–H groups in total. The standard InChI is InChI=1S/C20H24N6OS/c1-10(2)8-14-19(27)25-16-17(24-14)22-11(3)23-18(16)26-20-13(9-21)12-6-4-5-7-15(12)28-20/h10,14H,4-8H2,1-3H3,(H,25,27)(H2,22,23,24,26). The first-order valence-corrected chi connectivity index (χ1v) is 10.6. The smallest absolute Gasteiger partial charge is 0.247 e. The summed E-state index contributed by atoms with van der Waals surface area (Å²) in [6.07, 6.45) is 4.99. The van der Waals surface area contributed by atoms with Gasteiger partial charge in [0.1, 0.15) is 28.6 Å². The third kappa shape index (κ3) is 3.42. The molecular formula is C20H24N6OS. The van der Waals surface area contributed by atoms with E-state index in [0.29, 0.717) is 34.6 Å². The van der Waals surface area contributed by atoms with E-state index in [1.54, 1.807) is 11.3 Å². The summed E-state index contributed by atoms with van der Waals surface area (Å²) >= 11 is 1.62. The van der Waals surface area contributed by atoms with Gasteiger partial charge in [0.15, 0.2) is 11.6 Å². The van der Waals surface area contributed by atoms with Crippen LogP contribution in [-0.2, 0) is 17.6 Å². The zero-order valence-corrected chi connectivity index (χ0v) is 17.2. The van der Waals surface area contributed by atoms with E-state index in [1.807, 2.05) is 6.92 Å². The molecule has 2 aromatic heterocycles. The number of hydrogen-bond acceptors (Lipinski definition) is 7. The van der Waals surface area contributed by atoms with E-state index in [1.165, 1.54) is 10.4 Å². The lowest BCUT2D eigenvalue weighted by Gasteiger charge is -2.28. The number of nitriles is 1. The molecule has 2 aliphatic rings. The van der Waals surface area contributed by atoms with Crippen molar-refractivity contribution < 1.29 is 4.79 Å². The fourth-order valence-corrected chi connectivity index (χ4v) is 5.08. The first-order valence-electron chi connectivity index (χ1n) is 9.74. The molecule has 0 fully saturated rings. The molecule has 0 saturated carbocycles. The zero-order valence-electron chi connectivity index (χ0n) is 16.3. The van der Waals surface area contributed by atoms with Gasteiger partial charge in [-0.3, -0.25) is 4.79 Å². The van der Waals surface area contributed by atoms with E-state index in [0.717, 1.165) is 37.1 Å². The summed E-state index contributed by atoms with van der Waals surface area (Å²) in [7, 11) is 0. The van der Waals surface area contributed by atoms with Crippen molar-refractivity contribution in [3.8, 4) is 6.07 Å². The number of fused-ring (bicyclic) bond motifs is 2. The number of hydrogen-bond donors (Lipinski definition) is 3. The Kier molecular flexibility index (Phi) is 4.94. The highest BCUT2D eigenvalue weighted by Crippen LogP contribution is 2.41. The predicted octanol–water partition coefficient (Wildman–Crippen LogP) is 4.12. The Balaban J connectivity index is 1.69. The monoisotopic (exact) mass is 396 g/mol. The second-order valence-electron chi connectivity index (χ2n) is 7.81. The lowest BCUT2D eigenvalue weighted by molar-refractivity contribution is -0.117. The molecule has 0 spiro atoms. The van der Waals surface area contributed by atoms with Crippen molar-refractivity contribution in [3.63, 3.8) is 0 Å². The molecule has 2 aromatic rings. The first-order chi connectivity index (χ1) is 13.5. The van der Waals surface area contributed by atoms with Crippen LogP contribution in [0.3, 0.4) is 0 Å². The number of carbonyl (C=O) groups is 1. The van der Waals surface area contributed by atoms with Crippen molar-refractivity contribution in [1.29, 1.82) is 5.26 Å². The highest BCUT2D eigenvalue weighted by molar-refractivity contribution is 7.16. The molecule has 7 nitrogen and oxygen atoms in total. The SMILES string of the molecule is Cc1nc(Nc2sc3c(c2C#N)CCCC3)c2c(n1)NC(CC(C)C)C(=O)N2. The number of amides is 1. The molecule has 1 atom stereocenters. The van der Waals surface area contributed by atoms with E-state index in [2.05, 4.69) is 45.8 Å². The molecule has 0 aromatic carbocycles. The lowest BCUT2D eigenvalue weighted by atomic mass is 9.96. The second-order valence-corrected chi connectivity index (χ2v) is 8.92. The number of aryl methyl sites for hydroxylation is 2. The van der Waals surface area contributed by atoms with Crippen molar-refractivity contribution in [1.82, 2.24) is 9.97 Å². The number of carbonyl (C=O) groups excluding carboxylic acids is 1. The minimum absolute atomic E-state index is 0.0808. The van der Waals surface area contributed by atoms with Gasteiger partial charge in [0.2, 0.25) is 5.91 Å². The summed E-state index contributed by atoms with van der Waals surface area (Å²) in [5, 5.41) is 20.0. The number of anilines is 4. The van der Waals surface area contributed by atoms with Crippen molar-refractivity contribution >= 4 is 39.6 Å². The molecule has 4 rings (SSSR count). The van der Waals surface area contributed by atoms with Crippen molar-refractivity contribution in [2.45, 2.75) is 58.9 Å². The number of nitrogens with zero attached hydrogens (tertiary/aromatic N) is 3. The minimum atomic E-state index is -0.307. The summed E-state index contributed by atoms with van der Waals surface area (Å²) in [5.41, 5.74) is 2.42. The number of thiophene rings is 1. The normalized spacial score (nSPS) is 18.0. The average molecular weight is 397 g/mol. The van der Waals surface area contributed by atoms with Gasteiger partial charge in [0.05, 0.1) is 5.56 Å².